The maximum absolute atomic E-state index is 10.0. The maximum atomic E-state index is 10.0. The maximum Gasteiger partial charge on any atom is 0.0652 e. The summed E-state index contributed by atoms with van der Waals surface area (Å²) in [6.45, 7) is 35.9. The van der Waals surface area contributed by atoms with Crippen LogP contribution in [0.3, 0.4) is 0 Å². The molecule has 3 aliphatic rings. The highest BCUT2D eigenvalue weighted by molar-refractivity contribution is 4.88. The van der Waals surface area contributed by atoms with Gasteiger partial charge in [-0.1, -0.05) is 148 Å². The van der Waals surface area contributed by atoms with Crippen LogP contribution in [0.25, 0.3) is 0 Å². The van der Waals surface area contributed by atoms with E-state index < -0.39 is 5.60 Å². The van der Waals surface area contributed by atoms with Crippen molar-refractivity contribution >= 4 is 0 Å². The molecule has 0 radical (unpaired) electrons. The van der Waals surface area contributed by atoms with Gasteiger partial charge in [-0.05, 0) is 97.7 Å². The molecule has 0 amide bonds. The third-order valence-corrected chi connectivity index (χ3v) is 9.80. The van der Waals surface area contributed by atoms with E-state index in [2.05, 4.69) is 96.9 Å². The van der Waals surface area contributed by atoms with Crippen molar-refractivity contribution in [1.29, 1.82) is 0 Å². The van der Waals surface area contributed by atoms with Crippen molar-refractivity contribution in [3.8, 4) is 0 Å². The second-order valence-corrected chi connectivity index (χ2v) is 20.2. The Morgan fingerprint density at radius 3 is 1.05 bits per heavy atom. The fourth-order valence-electron chi connectivity index (χ4n) is 8.70. The largest absolute Gasteiger partial charge is 0.390 e. The van der Waals surface area contributed by atoms with Gasteiger partial charge in [-0.15, -0.1) is 0 Å². The predicted octanol–water partition coefficient (Wildman–Crippen LogP) is 12.6. The summed E-state index contributed by atoms with van der Waals surface area (Å²) in [4.78, 5) is 0. The van der Waals surface area contributed by atoms with Gasteiger partial charge < -0.3 is 10.2 Å². The van der Waals surface area contributed by atoms with E-state index in [0.717, 1.165) is 49.4 Å². The molecule has 0 spiro atoms. The van der Waals surface area contributed by atoms with Crippen molar-refractivity contribution in [2.24, 2.45) is 45.3 Å². The van der Waals surface area contributed by atoms with Crippen molar-refractivity contribution in [2.75, 3.05) is 0 Å². The first-order chi connectivity index (χ1) is 18.7. The van der Waals surface area contributed by atoms with E-state index in [9.17, 15) is 10.2 Å². The van der Waals surface area contributed by atoms with Gasteiger partial charge in [-0.3, -0.25) is 0 Å². The number of rotatable bonds is 2. The summed E-state index contributed by atoms with van der Waals surface area (Å²) in [7, 11) is 0. The van der Waals surface area contributed by atoms with Gasteiger partial charge in [0.25, 0.3) is 0 Å². The molecule has 254 valence electrons. The van der Waals surface area contributed by atoms with Crippen LogP contribution in [-0.4, -0.2) is 21.4 Å². The lowest BCUT2D eigenvalue weighted by molar-refractivity contribution is 0.00827. The van der Waals surface area contributed by atoms with E-state index in [1.807, 2.05) is 13.8 Å². The molecule has 0 saturated heterocycles. The van der Waals surface area contributed by atoms with Crippen LogP contribution < -0.4 is 0 Å². The first-order valence-corrected chi connectivity index (χ1v) is 18.1. The Morgan fingerprint density at radius 1 is 0.524 bits per heavy atom. The first-order valence-electron chi connectivity index (χ1n) is 18.1. The SMILES string of the molecule is CC(C)(C)CC(C)(C)O.CC(C)(C)CC1(O)CCCC1.CC1CCCCC1C(C)(C)C.CC1CCCCC1C(C)(C)C. The minimum absolute atomic E-state index is 0.234. The minimum atomic E-state index is -0.516. The highest BCUT2D eigenvalue weighted by atomic mass is 16.3. The summed E-state index contributed by atoms with van der Waals surface area (Å²) >= 11 is 0. The molecular formula is C40H82O2. The van der Waals surface area contributed by atoms with Crippen molar-refractivity contribution in [3.05, 3.63) is 0 Å². The average Bonchev–Trinajstić information content (AvgIpc) is 3.15. The summed E-state index contributed by atoms with van der Waals surface area (Å²) in [6, 6.07) is 0. The molecule has 2 nitrogen and oxygen atoms in total. The van der Waals surface area contributed by atoms with Gasteiger partial charge in [-0.25, -0.2) is 0 Å². The summed E-state index contributed by atoms with van der Waals surface area (Å²) < 4.78 is 0. The molecule has 0 bridgehead atoms. The fourth-order valence-corrected chi connectivity index (χ4v) is 8.70. The molecular weight excluding hydrogens is 512 g/mol. The molecule has 0 aliphatic heterocycles. The molecule has 3 saturated carbocycles. The number of hydrogen-bond acceptors (Lipinski definition) is 2. The zero-order valence-corrected chi connectivity index (χ0v) is 32.1. The van der Waals surface area contributed by atoms with Crippen LogP contribution in [0.1, 0.15) is 201 Å². The van der Waals surface area contributed by atoms with E-state index in [4.69, 9.17) is 0 Å². The molecule has 4 atom stereocenters. The third-order valence-electron chi connectivity index (χ3n) is 9.80. The predicted molar refractivity (Wildman–Crippen MR) is 189 cm³/mol. The Morgan fingerprint density at radius 2 is 0.857 bits per heavy atom. The van der Waals surface area contributed by atoms with Gasteiger partial charge in [0.15, 0.2) is 0 Å². The highest BCUT2D eigenvalue weighted by Crippen LogP contribution is 2.42. The smallest absolute Gasteiger partial charge is 0.0652 e. The van der Waals surface area contributed by atoms with E-state index in [1.165, 1.54) is 64.2 Å². The molecule has 0 heterocycles. The quantitative estimate of drug-likeness (QED) is 0.334. The van der Waals surface area contributed by atoms with Crippen LogP contribution in [-0.2, 0) is 0 Å². The van der Waals surface area contributed by atoms with Gasteiger partial charge in [-0.2, -0.15) is 0 Å². The molecule has 3 aliphatic carbocycles. The topological polar surface area (TPSA) is 40.5 Å². The summed E-state index contributed by atoms with van der Waals surface area (Å²) in [5.41, 5.74) is 0.757. The normalized spacial score (nSPS) is 27.0. The third kappa shape index (κ3) is 20.0. The van der Waals surface area contributed by atoms with Gasteiger partial charge >= 0.3 is 0 Å². The van der Waals surface area contributed by atoms with Gasteiger partial charge in [0.1, 0.15) is 0 Å². The molecule has 0 aromatic carbocycles. The average molecular weight is 595 g/mol. The Labute approximate surface area is 267 Å². The molecule has 42 heavy (non-hydrogen) atoms. The van der Waals surface area contributed by atoms with E-state index in [-0.39, 0.29) is 16.4 Å². The van der Waals surface area contributed by atoms with Crippen molar-refractivity contribution in [2.45, 2.75) is 212 Å². The van der Waals surface area contributed by atoms with Gasteiger partial charge in [0.05, 0.1) is 11.2 Å². The molecule has 0 aromatic rings. The Balaban J connectivity index is 0.000000536. The van der Waals surface area contributed by atoms with Gasteiger partial charge in [0.2, 0.25) is 0 Å². The summed E-state index contributed by atoms with van der Waals surface area (Å²) in [6.07, 6.45) is 18.0. The molecule has 2 heteroatoms. The second-order valence-electron chi connectivity index (χ2n) is 20.2. The van der Waals surface area contributed by atoms with E-state index in [1.54, 1.807) is 0 Å². The van der Waals surface area contributed by atoms with Crippen molar-refractivity contribution in [1.82, 2.24) is 0 Å². The number of aliphatic hydroxyl groups is 2. The lowest BCUT2D eigenvalue weighted by Gasteiger charge is -2.38. The minimum Gasteiger partial charge on any atom is -0.390 e. The fraction of sp³-hybridized carbons (Fsp3) is 1.00. The lowest BCUT2D eigenvalue weighted by atomic mass is 9.67. The number of hydrogen-bond donors (Lipinski definition) is 2. The van der Waals surface area contributed by atoms with Crippen LogP contribution >= 0.6 is 0 Å². The van der Waals surface area contributed by atoms with E-state index >= 15 is 0 Å². The Hall–Kier alpha value is -0.0800. The zero-order valence-electron chi connectivity index (χ0n) is 32.1. The first kappa shape index (κ1) is 41.9. The Kier molecular flexibility index (Phi) is 17.0. The molecule has 4 unspecified atom stereocenters. The molecule has 3 fully saturated rings. The summed E-state index contributed by atoms with van der Waals surface area (Å²) in [5.74, 6) is 3.86. The van der Waals surface area contributed by atoms with Crippen LogP contribution in [0.2, 0.25) is 0 Å². The van der Waals surface area contributed by atoms with Crippen LogP contribution in [0.5, 0.6) is 0 Å². The monoisotopic (exact) mass is 595 g/mol. The standard InChI is InChI=1S/2C11H22.C10H20O.C8H18O/c2*1-9-7-5-6-8-10(9)11(2,3)4;1-9(2,3)8-10(11)6-4-5-7-10;1-7(2,3)6-8(4,5)9/h2*9-10H,5-8H2,1-4H3;11H,4-8H2,1-3H3;9H,6H2,1-5H3. The summed E-state index contributed by atoms with van der Waals surface area (Å²) in [5, 5.41) is 19.4. The zero-order chi connectivity index (χ0) is 33.2. The van der Waals surface area contributed by atoms with E-state index in [0.29, 0.717) is 10.8 Å². The van der Waals surface area contributed by atoms with Crippen molar-refractivity contribution in [3.63, 3.8) is 0 Å². The Bertz CT molecular complexity index is 650. The van der Waals surface area contributed by atoms with Crippen LogP contribution in [0.4, 0.5) is 0 Å². The van der Waals surface area contributed by atoms with Crippen molar-refractivity contribution < 1.29 is 10.2 Å². The van der Waals surface area contributed by atoms with Gasteiger partial charge in [0, 0.05) is 0 Å². The molecule has 0 aromatic heterocycles. The van der Waals surface area contributed by atoms with Crippen LogP contribution in [0, 0.1) is 45.3 Å². The molecule has 2 N–H and O–H groups in total. The lowest BCUT2D eigenvalue weighted by Crippen LogP contribution is -2.30. The second kappa shape index (κ2) is 17.0. The highest BCUT2D eigenvalue weighted by Gasteiger charge is 2.35. The molecule has 3 rings (SSSR count). The van der Waals surface area contributed by atoms with Crippen LogP contribution in [0.15, 0.2) is 0 Å².